The first-order valence-electron chi connectivity index (χ1n) is 9.58. The van der Waals surface area contributed by atoms with Gasteiger partial charge in [0, 0.05) is 18.2 Å². The van der Waals surface area contributed by atoms with E-state index in [1.54, 1.807) is 24.3 Å². The third-order valence-corrected chi connectivity index (χ3v) is 6.65. The van der Waals surface area contributed by atoms with Gasteiger partial charge in [0.1, 0.15) is 18.2 Å². The van der Waals surface area contributed by atoms with E-state index in [0.29, 0.717) is 24.3 Å². The molecular formula is C21H25FN2O4S. The first-order valence-corrected chi connectivity index (χ1v) is 11.0. The molecule has 1 N–H and O–H groups in total. The number of hydrogen-bond acceptors (Lipinski definition) is 4. The van der Waals surface area contributed by atoms with E-state index in [0.717, 1.165) is 12.5 Å². The summed E-state index contributed by atoms with van der Waals surface area (Å²) in [5.74, 6) is -0.185. The van der Waals surface area contributed by atoms with E-state index < -0.39 is 15.8 Å². The van der Waals surface area contributed by atoms with E-state index in [4.69, 9.17) is 4.74 Å². The van der Waals surface area contributed by atoms with Gasteiger partial charge in [-0.15, -0.1) is 0 Å². The summed E-state index contributed by atoms with van der Waals surface area (Å²) in [6.45, 7) is 4.34. The number of nitrogens with one attached hydrogen (secondary N) is 1. The summed E-state index contributed by atoms with van der Waals surface area (Å²) in [5.41, 5.74) is 0.530. The van der Waals surface area contributed by atoms with Gasteiger partial charge in [-0.25, -0.2) is 12.8 Å². The molecule has 1 unspecified atom stereocenters. The average Bonchev–Trinajstić information content (AvgIpc) is 3.16. The predicted molar refractivity (Wildman–Crippen MR) is 108 cm³/mol. The fraction of sp³-hybridized carbons (Fsp3) is 0.381. The Kier molecular flexibility index (Phi) is 6.54. The maximum atomic E-state index is 13.5. The van der Waals surface area contributed by atoms with Gasteiger partial charge in [0.25, 0.3) is 5.91 Å². The molecule has 2 aromatic rings. The van der Waals surface area contributed by atoms with Crippen molar-refractivity contribution in [3.8, 4) is 5.75 Å². The van der Waals surface area contributed by atoms with Crippen LogP contribution in [0.5, 0.6) is 5.75 Å². The Hall–Kier alpha value is -2.45. The zero-order chi connectivity index (χ0) is 21.0. The SMILES string of the molecule is CC(C)NC(=O)c1ccc(OCC2CCCN2S(=O)(=O)c2cccc(F)c2)cc1. The van der Waals surface area contributed by atoms with E-state index in [-0.39, 0.29) is 29.5 Å². The first kappa shape index (κ1) is 21.3. The van der Waals surface area contributed by atoms with Crippen LogP contribution in [-0.2, 0) is 10.0 Å². The Bertz CT molecular complexity index is 961. The average molecular weight is 421 g/mol. The fourth-order valence-electron chi connectivity index (χ4n) is 3.30. The molecule has 2 aromatic carbocycles. The molecule has 29 heavy (non-hydrogen) atoms. The molecule has 1 amide bonds. The highest BCUT2D eigenvalue weighted by Gasteiger charge is 2.35. The lowest BCUT2D eigenvalue weighted by atomic mass is 10.2. The Morgan fingerprint density at radius 1 is 1.24 bits per heavy atom. The third kappa shape index (κ3) is 5.13. The van der Waals surface area contributed by atoms with Gasteiger partial charge in [-0.1, -0.05) is 6.07 Å². The highest BCUT2D eigenvalue weighted by atomic mass is 32.2. The second-order valence-corrected chi connectivity index (χ2v) is 9.22. The molecule has 0 radical (unpaired) electrons. The molecule has 0 aromatic heterocycles. The summed E-state index contributed by atoms with van der Waals surface area (Å²) in [6, 6.07) is 11.5. The highest BCUT2D eigenvalue weighted by Crippen LogP contribution is 2.27. The van der Waals surface area contributed by atoms with Gasteiger partial charge in [0.2, 0.25) is 10.0 Å². The molecule has 6 nitrogen and oxygen atoms in total. The predicted octanol–water partition coefficient (Wildman–Crippen LogP) is 3.20. The van der Waals surface area contributed by atoms with Crippen molar-refractivity contribution in [2.45, 2.75) is 43.7 Å². The fourth-order valence-corrected chi connectivity index (χ4v) is 5.01. The van der Waals surface area contributed by atoms with Crippen molar-refractivity contribution in [1.82, 2.24) is 9.62 Å². The zero-order valence-electron chi connectivity index (χ0n) is 16.5. The van der Waals surface area contributed by atoms with Gasteiger partial charge in [0.15, 0.2) is 0 Å². The summed E-state index contributed by atoms with van der Waals surface area (Å²) < 4.78 is 46.4. The standard InChI is InChI=1S/C21H25FN2O4S/c1-15(2)23-21(25)16-8-10-19(11-9-16)28-14-18-6-4-12-24(18)29(26,27)20-7-3-5-17(22)13-20/h3,5,7-11,13,15,18H,4,6,12,14H2,1-2H3,(H,23,25). The Labute approximate surface area is 170 Å². The maximum Gasteiger partial charge on any atom is 0.251 e. The molecule has 1 aliphatic rings. The highest BCUT2D eigenvalue weighted by molar-refractivity contribution is 7.89. The summed E-state index contributed by atoms with van der Waals surface area (Å²) in [5, 5.41) is 2.82. The quantitative estimate of drug-likeness (QED) is 0.746. The van der Waals surface area contributed by atoms with Crippen molar-refractivity contribution in [2.75, 3.05) is 13.2 Å². The molecule has 0 spiro atoms. The minimum absolute atomic E-state index is 0.0480. The van der Waals surface area contributed by atoms with E-state index in [9.17, 15) is 17.6 Å². The third-order valence-electron chi connectivity index (χ3n) is 4.70. The van der Waals surface area contributed by atoms with Crippen LogP contribution in [0.25, 0.3) is 0 Å². The van der Waals surface area contributed by atoms with E-state index in [2.05, 4.69) is 5.32 Å². The van der Waals surface area contributed by atoms with E-state index in [1.807, 2.05) is 13.8 Å². The van der Waals surface area contributed by atoms with Crippen LogP contribution in [0.3, 0.4) is 0 Å². The first-order chi connectivity index (χ1) is 13.8. The van der Waals surface area contributed by atoms with Crippen LogP contribution in [0.4, 0.5) is 4.39 Å². The molecule has 0 aliphatic carbocycles. The minimum atomic E-state index is -3.78. The van der Waals surface area contributed by atoms with Crippen molar-refractivity contribution in [3.05, 3.63) is 59.9 Å². The van der Waals surface area contributed by atoms with E-state index >= 15 is 0 Å². The molecule has 3 rings (SSSR count). The summed E-state index contributed by atoms with van der Waals surface area (Å²) >= 11 is 0. The summed E-state index contributed by atoms with van der Waals surface area (Å²) in [4.78, 5) is 11.9. The molecule has 1 atom stereocenters. The van der Waals surface area contributed by atoms with Crippen LogP contribution in [-0.4, -0.2) is 43.9 Å². The maximum absolute atomic E-state index is 13.5. The van der Waals surface area contributed by atoms with Crippen molar-refractivity contribution in [3.63, 3.8) is 0 Å². The second kappa shape index (κ2) is 8.92. The van der Waals surface area contributed by atoms with Crippen LogP contribution in [0.1, 0.15) is 37.0 Å². The Morgan fingerprint density at radius 2 is 1.97 bits per heavy atom. The number of halogens is 1. The molecular weight excluding hydrogens is 395 g/mol. The van der Waals surface area contributed by atoms with Crippen molar-refractivity contribution < 1.29 is 22.3 Å². The van der Waals surface area contributed by atoms with Gasteiger partial charge in [-0.05, 0) is 69.2 Å². The number of hydrogen-bond donors (Lipinski definition) is 1. The lowest BCUT2D eigenvalue weighted by Crippen LogP contribution is -2.39. The smallest absolute Gasteiger partial charge is 0.251 e. The molecule has 1 saturated heterocycles. The Morgan fingerprint density at radius 3 is 2.62 bits per heavy atom. The summed E-state index contributed by atoms with van der Waals surface area (Å²) in [7, 11) is -3.78. The van der Waals surface area contributed by atoms with Crippen LogP contribution in [0.15, 0.2) is 53.4 Å². The van der Waals surface area contributed by atoms with Gasteiger partial charge >= 0.3 is 0 Å². The number of sulfonamides is 1. The largest absolute Gasteiger partial charge is 0.492 e. The van der Waals surface area contributed by atoms with Crippen LogP contribution in [0.2, 0.25) is 0 Å². The lowest BCUT2D eigenvalue weighted by molar-refractivity contribution is 0.0943. The van der Waals surface area contributed by atoms with Gasteiger partial charge in [-0.2, -0.15) is 4.31 Å². The molecule has 156 valence electrons. The van der Waals surface area contributed by atoms with Crippen molar-refractivity contribution in [2.24, 2.45) is 0 Å². The number of carbonyl (C=O) groups excluding carboxylic acids is 1. The van der Waals surface area contributed by atoms with Crippen molar-refractivity contribution >= 4 is 15.9 Å². The number of ether oxygens (including phenoxy) is 1. The van der Waals surface area contributed by atoms with E-state index in [1.165, 1.54) is 22.5 Å². The van der Waals surface area contributed by atoms with Crippen LogP contribution < -0.4 is 10.1 Å². The minimum Gasteiger partial charge on any atom is -0.492 e. The molecule has 1 heterocycles. The zero-order valence-corrected chi connectivity index (χ0v) is 17.3. The van der Waals surface area contributed by atoms with Crippen LogP contribution in [0, 0.1) is 5.82 Å². The number of rotatable bonds is 7. The topological polar surface area (TPSA) is 75.7 Å². The van der Waals surface area contributed by atoms with Crippen LogP contribution >= 0.6 is 0 Å². The molecule has 1 fully saturated rings. The molecule has 8 heteroatoms. The molecule has 1 aliphatic heterocycles. The monoisotopic (exact) mass is 420 g/mol. The second-order valence-electron chi connectivity index (χ2n) is 7.33. The van der Waals surface area contributed by atoms with Gasteiger partial charge < -0.3 is 10.1 Å². The van der Waals surface area contributed by atoms with Gasteiger partial charge in [0.05, 0.1) is 10.9 Å². The summed E-state index contributed by atoms with van der Waals surface area (Å²) in [6.07, 6.45) is 1.39. The number of amides is 1. The molecule has 0 saturated carbocycles. The van der Waals surface area contributed by atoms with Crippen molar-refractivity contribution in [1.29, 1.82) is 0 Å². The lowest BCUT2D eigenvalue weighted by Gasteiger charge is -2.24. The Balaban J connectivity index is 1.65. The number of nitrogens with zero attached hydrogens (tertiary/aromatic N) is 1. The number of benzene rings is 2. The normalized spacial score (nSPS) is 17.4. The van der Waals surface area contributed by atoms with Gasteiger partial charge in [-0.3, -0.25) is 4.79 Å². The molecule has 0 bridgehead atoms. The number of carbonyl (C=O) groups is 1.